The van der Waals surface area contributed by atoms with E-state index in [1.165, 1.54) is 17.4 Å². The number of thioether (sulfide) groups is 1. The molecule has 0 N–H and O–H groups in total. The molecule has 1 aliphatic rings. The van der Waals surface area contributed by atoms with E-state index in [1.807, 2.05) is 0 Å². The average Bonchev–Trinajstić information content (AvgIpc) is 3.35. The molecular weight excluding hydrogens is 442 g/mol. The number of nitrogens with zero attached hydrogens (tertiary/aromatic N) is 1. The molecule has 2 amide bonds. The molecule has 0 radical (unpaired) electrons. The molecule has 1 aromatic carbocycles. The van der Waals surface area contributed by atoms with Gasteiger partial charge in [-0.1, -0.05) is 12.1 Å². The highest BCUT2D eigenvalue weighted by Crippen LogP contribution is 2.35. The van der Waals surface area contributed by atoms with Crippen LogP contribution in [-0.2, 0) is 14.3 Å². The van der Waals surface area contributed by atoms with E-state index in [-0.39, 0.29) is 17.3 Å². The minimum atomic E-state index is -0.651. The molecule has 31 heavy (non-hydrogen) atoms. The first-order chi connectivity index (χ1) is 14.9. The zero-order chi connectivity index (χ0) is 22.4. The van der Waals surface area contributed by atoms with Crippen LogP contribution in [0, 0.1) is 0 Å². The number of imide groups is 1. The lowest BCUT2D eigenvalue weighted by Gasteiger charge is -2.11. The van der Waals surface area contributed by atoms with Gasteiger partial charge in [0.1, 0.15) is 11.4 Å². The van der Waals surface area contributed by atoms with E-state index in [0.29, 0.717) is 22.8 Å². The molecule has 10 heteroatoms. The Morgan fingerprint density at radius 3 is 2.58 bits per heavy atom. The highest BCUT2D eigenvalue weighted by Gasteiger charge is 2.36. The number of carbonyl (C=O) groups excluding carboxylic acids is 4. The van der Waals surface area contributed by atoms with Crippen LogP contribution >= 0.6 is 23.1 Å². The zero-order valence-corrected chi connectivity index (χ0v) is 18.4. The topological polar surface area (TPSA) is 99.2 Å². The maximum absolute atomic E-state index is 12.5. The monoisotopic (exact) mass is 461 g/mol. The van der Waals surface area contributed by atoms with Crippen LogP contribution in [0.4, 0.5) is 4.79 Å². The van der Waals surface area contributed by atoms with Crippen molar-refractivity contribution >= 4 is 52.3 Å². The molecule has 0 unspecified atom stereocenters. The smallest absolute Gasteiger partial charge is 0.353 e. The molecule has 0 atom stereocenters. The third-order valence-electron chi connectivity index (χ3n) is 3.96. The number of hydrogen-bond acceptors (Lipinski definition) is 9. The standard InChI is InChI=1S/C21H19NO7S2/c1-3-27-15-10-13(7-8-14(15)29-20(25)16-6-5-9-30-16)11-17-19(24)22(21(26)31-17)12-18(23)28-4-2/h5-11H,3-4,12H2,1-2H3/b17-11-. The zero-order valence-electron chi connectivity index (χ0n) is 16.8. The predicted octanol–water partition coefficient (Wildman–Crippen LogP) is 3.97. The molecule has 2 aromatic rings. The lowest BCUT2D eigenvalue weighted by molar-refractivity contribution is -0.145. The van der Waals surface area contributed by atoms with E-state index in [4.69, 9.17) is 14.2 Å². The van der Waals surface area contributed by atoms with Crippen LogP contribution in [0.25, 0.3) is 6.08 Å². The normalized spacial score (nSPS) is 14.8. The van der Waals surface area contributed by atoms with Crippen molar-refractivity contribution in [1.29, 1.82) is 0 Å². The number of rotatable bonds is 8. The minimum Gasteiger partial charge on any atom is -0.490 e. The Bertz CT molecular complexity index is 1030. The number of hydrogen-bond donors (Lipinski definition) is 0. The first-order valence-corrected chi connectivity index (χ1v) is 11.1. The molecule has 2 heterocycles. The van der Waals surface area contributed by atoms with Crippen molar-refractivity contribution < 1.29 is 33.4 Å². The van der Waals surface area contributed by atoms with Crippen molar-refractivity contribution in [3.05, 3.63) is 51.1 Å². The van der Waals surface area contributed by atoms with Crippen molar-refractivity contribution in [3.63, 3.8) is 0 Å². The van der Waals surface area contributed by atoms with Crippen molar-refractivity contribution in [2.45, 2.75) is 13.8 Å². The van der Waals surface area contributed by atoms with Crippen LogP contribution in [-0.4, -0.2) is 47.7 Å². The quantitative estimate of drug-likeness (QED) is 0.331. The van der Waals surface area contributed by atoms with Crippen molar-refractivity contribution in [2.75, 3.05) is 19.8 Å². The van der Waals surface area contributed by atoms with Gasteiger partial charge in [-0.2, -0.15) is 0 Å². The Hall–Kier alpha value is -3.11. The lowest BCUT2D eigenvalue weighted by Crippen LogP contribution is -2.34. The molecule has 8 nitrogen and oxygen atoms in total. The number of esters is 2. The van der Waals surface area contributed by atoms with Gasteiger partial charge in [0.2, 0.25) is 0 Å². The third-order valence-corrected chi connectivity index (χ3v) is 5.71. The van der Waals surface area contributed by atoms with E-state index in [2.05, 4.69) is 0 Å². The Labute approximate surface area is 186 Å². The lowest BCUT2D eigenvalue weighted by atomic mass is 10.2. The van der Waals surface area contributed by atoms with Gasteiger partial charge in [-0.15, -0.1) is 11.3 Å². The average molecular weight is 462 g/mol. The van der Waals surface area contributed by atoms with Gasteiger partial charge in [0.25, 0.3) is 11.1 Å². The molecule has 1 saturated heterocycles. The van der Waals surface area contributed by atoms with Crippen LogP contribution in [0.3, 0.4) is 0 Å². The molecule has 1 fully saturated rings. The highest BCUT2D eigenvalue weighted by atomic mass is 32.2. The number of carbonyl (C=O) groups is 4. The van der Waals surface area contributed by atoms with Crippen LogP contribution in [0.5, 0.6) is 11.5 Å². The van der Waals surface area contributed by atoms with Gasteiger partial charge in [-0.25, -0.2) is 4.79 Å². The summed E-state index contributed by atoms with van der Waals surface area (Å²) in [6.07, 6.45) is 1.52. The summed E-state index contributed by atoms with van der Waals surface area (Å²) in [5.74, 6) is -1.15. The minimum absolute atomic E-state index is 0.161. The first-order valence-electron chi connectivity index (χ1n) is 9.36. The van der Waals surface area contributed by atoms with Gasteiger partial charge < -0.3 is 14.2 Å². The summed E-state index contributed by atoms with van der Waals surface area (Å²) in [4.78, 5) is 50.0. The van der Waals surface area contributed by atoms with E-state index < -0.39 is 29.6 Å². The molecule has 0 aliphatic carbocycles. The second-order valence-electron chi connectivity index (χ2n) is 6.08. The number of ether oxygens (including phenoxy) is 3. The van der Waals surface area contributed by atoms with E-state index in [0.717, 1.165) is 16.7 Å². The summed E-state index contributed by atoms with van der Waals surface area (Å²) >= 11 is 2.00. The molecule has 0 saturated carbocycles. The SMILES string of the molecule is CCOC(=O)CN1C(=O)S/C(=C\c2ccc(OC(=O)c3cccs3)c(OCC)c2)C1=O. The molecule has 1 aromatic heterocycles. The van der Waals surface area contributed by atoms with E-state index >= 15 is 0 Å². The number of amides is 2. The summed E-state index contributed by atoms with van der Waals surface area (Å²) < 4.78 is 15.8. The van der Waals surface area contributed by atoms with Crippen LogP contribution in [0.1, 0.15) is 29.1 Å². The van der Waals surface area contributed by atoms with Crippen molar-refractivity contribution in [1.82, 2.24) is 4.90 Å². The summed E-state index contributed by atoms with van der Waals surface area (Å²) in [5, 5.41) is 1.23. The van der Waals surface area contributed by atoms with Gasteiger partial charge in [0.05, 0.1) is 18.1 Å². The first kappa shape index (κ1) is 22.6. The maximum atomic E-state index is 12.5. The molecule has 0 spiro atoms. The van der Waals surface area contributed by atoms with Crippen molar-refractivity contribution in [3.8, 4) is 11.5 Å². The van der Waals surface area contributed by atoms with Crippen LogP contribution in [0.2, 0.25) is 0 Å². The predicted molar refractivity (Wildman–Crippen MR) is 116 cm³/mol. The Balaban J connectivity index is 1.79. The van der Waals surface area contributed by atoms with Gasteiger partial charge in [-0.3, -0.25) is 19.3 Å². The van der Waals surface area contributed by atoms with E-state index in [1.54, 1.807) is 49.6 Å². The fourth-order valence-corrected chi connectivity index (χ4v) is 4.07. The highest BCUT2D eigenvalue weighted by molar-refractivity contribution is 8.18. The molecule has 1 aliphatic heterocycles. The van der Waals surface area contributed by atoms with Crippen LogP contribution in [0.15, 0.2) is 40.6 Å². The van der Waals surface area contributed by atoms with Crippen molar-refractivity contribution in [2.24, 2.45) is 0 Å². The Kier molecular flexibility index (Phi) is 7.48. The summed E-state index contributed by atoms with van der Waals surface area (Å²) in [6, 6.07) is 8.22. The molecule has 3 rings (SSSR count). The second-order valence-corrected chi connectivity index (χ2v) is 8.02. The van der Waals surface area contributed by atoms with Gasteiger partial charge in [0.15, 0.2) is 11.5 Å². The van der Waals surface area contributed by atoms with Gasteiger partial charge in [-0.05, 0) is 60.8 Å². The third kappa shape index (κ3) is 5.53. The maximum Gasteiger partial charge on any atom is 0.353 e. The Morgan fingerprint density at radius 1 is 1.10 bits per heavy atom. The number of thiophene rings is 1. The van der Waals surface area contributed by atoms with Gasteiger partial charge in [0, 0.05) is 0 Å². The fourth-order valence-electron chi connectivity index (χ4n) is 2.64. The summed E-state index contributed by atoms with van der Waals surface area (Å²) in [7, 11) is 0. The molecular formula is C21H19NO7S2. The molecule has 162 valence electrons. The summed E-state index contributed by atoms with van der Waals surface area (Å²) in [5.41, 5.74) is 0.570. The fraction of sp³-hybridized carbons (Fsp3) is 0.238. The summed E-state index contributed by atoms with van der Waals surface area (Å²) in [6.45, 7) is 3.50. The Morgan fingerprint density at radius 2 is 1.90 bits per heavy atom. The second kappa shape index (κ2) is 10.3. The van der Waals surface area contributed by atoms with Crippen LogP contribution < -0.4 is 9.47 Å². The largest absolute Gasteiger partial charge is 0.490 e. The molecule has 0 bridgehead atoms. The van der Waals surface area contributed by atoms with E-state index in [9.17, 15) is 19.2 Å². The number of benzene rings is 1. The van der Waals surface area contributed by atoms with Gasteiger partial charge >= 0.3 is 11.9 Å².